The smallest absolute Gasteiger partial charge is 0.0583 e. The lowest BCUT2D eigenvalue weighted by molar-refractivity contribution is 0.112. The van der Waals surface area contributed by atoms with Crippen molar-refractivity contribution in [3.05, 3.63) is 47.6 Å². The summed E-state index contributed by atoms with van der Waals surface area (Å²) in [7, 11) is 0. The fraction of sp³-hybridized carbons (Fsp3) is 0.714. The van der Waals surface area contributed by atoms with Crippen molar-refractivity contribution in [1.82, 2.24) is 0 Å². The Kier molecular flexibility index (Phi) is 7.31. The van der Waals surface area contributed by atoms with E-state index in [2.05, 4.69) is 65.5 Å². The van der Waals surface area contributed by atoms with Gasteiger partial charge in [-0.05, 0) is 91.9 Å². The Labute approximate surface area is 180 Å². The summed E-state index contributed by atoms with van der Waals surface area (Å²) < 4.78 is 0. The lowest BCUT2D eigenvalue weighted by atomic mass is 9.61. The molecule has 3 saturated carbocycles. The summed E-state index contributed by atoms with van der Waals surface area (Å²) in [4.78, 5) is 0. The first-order valence-corrected chi connectivity index (χ1v) is 12.2. The summed E-state index contributed by atoms with van der Waals surface area (Å²) in [6, 6.07) is 0. The van der Waals surface area contributed by atoms with Gasteiger partial charge in [-0.25, -0.2) is 0 Å². The molecule has 162 valence electrons. The van der Waals surface area contributed by atoms with Crippen LogP contribution >= 0.6 is 0 Å². The Morgan fingerprint density at radius 1 is 1.03 bits per heavy atom. The van der Waals surface area contributed by atoms with Crippen molar-refractivity contribution in [3.8, 4) is 0 Å². The van der Waals surface area contributed by atoms with Gasteiger partial charge in [0.15, 0.2) is 0 Å². The van der Waals surface area contributed by atoms with E-state index in [0.29, 0.717) is 17.3 Å². The van der Waals surface area contributed by atoms with E-state index >= 15 is 0 Å². The Hall–Kier alpha value is -1.08. The zero-order chi connectivity index (χ0) is 21.2. The highest BCUT2D eigenvalue weighted by Crippen LogP contribution is 2.59. The molecule has 3 fully saturated rings. The van der Waals surface area contributed by atoms with Gasteiger partial charge in [0.25, 0.3) is 0 Å². The van der Waals surface area contributed by atoms with Crippen molar-refractivity contribution in [3.63, 3.8) is 0 Å². The third kappa shape index (κ3) is 4.98. The quantitative estimate of drug-likeness (QED) is 0.473. The van der Waals surface area contributed by atoms with E-state index < -0.39 is 0 Å². The summed E-state index contributed by atoms with van der Waals surface area (Å²) in [5, 5.41) is 10.0. The molecule has 6 atom stereocenters. The van der Waals surface area contributed by atoms with Crippen molar-refractivity contribution < 1.29 is 5.11 Å². The molecule has 0 aromatic rings. The van der Waals surface area contributed by atoms with Crippen LogP contribution in [0.3, 0.4) is 0 Å². The first-order valence-electron chi connectivity index (χ1n) is 12.2. The molecule has 0 spiro atoms. The van der Waals surface area contributed by atoms with E-state index in [-0.39, 0.29) is 6.10 Å². The molecule has 0 amide bonds. The van der Waals surface area contributed by atoms with Gasteiger partial charge in [-0.15, -0.1) is 0 Å². The minimum atomic E-state index is -0.182. The standard InChI is InChI=1S/C28H44O/c1-19(2)20(3)9-10-22(5)26-15-16-27-23(8-7-17-28(26,27)6)12-13-24-18-25(29)14-11-21(24)4/h9-10,12-13,19-20,22,25-27,29H,4,7-8,11,14-18H2,1-3,5-6H3/b10-9+,23-12+,24-13-/t20-,22+,25?,26+,27-,28+/m0/s1. The second kappa shape index (κ2) is 9.38. The first-order chi connectivity index (χ1) is 13.7. The molecule has 1 heteroatoms. The maximum atomic E-state index is 10.0. The van der Waals surface area contributed by atoms with Crippen LogP contribution in [0.4, 0.5) is 0 Å². The van der Waals surface area contributed by atoms with Gasteiger partial charge in [0, 0.05) is 0 Å². The lowest BCUT2D eigenvalue weighted by Gasteiger charge is -2.44. The van der Waals surface area contributed by atoms with Crippen LogP contribution in [0.1, 0.15) is 86.0 Å². The van der Waals surface area contributed by atoms with Gasteiger partial charge in [0.1, 0.15) is 0 Å². The van der Waals surface area contributed by atoms with Gasteiger partial charge in [0.05, 0.1) is 6.10 Å². The van der Waals surface area contributed by atoms with Crippen molar-refractivity contribution >= 4 is 0 Å². The van der Waals surface area contributed by atoms with Crippen molar-refractivity contribution in [2.24, 2.45) is 35.0 Å². The van der Waals surface area contributed by atoms with Gasteiger partial charge >= 0.3 is 0 Å². The summed E-state index contributed by atoms with van der Waals surface area (Å²) in [6.45, 7) is 16.3. The van der Waals surface area contributed by atoms with Crippen LogP contribution in [0.2, 0.25) is 0 Å². The van der Waals surface area contributed by atoms with Crippen molar-refractivity contribution in [2.75, 3.05) is 0 Å². The van der Waals surface area contributed by atoms with Crippen LogP contribution in [-0.2, 0) is 0 Å². The van der Waals surface area contributed by atoms with Gasteiger partial charge in [-0.2, -0.15) is 0 Å². The zero-order valence-electron chi connectivity index (χ0n) is 19.6. The minimum Gasteiger partial charge on any atom is -0.393 e. The molecule has 0 aromatic carbocycles. The normalized spacial score (nSPS) is 38.2. The fourth-order valence-corrected chi connectivity index (χ4v) is 6.25. The topological polar surface area (TPSA) is 20.2 Å². The van der Waals surface area contributed by atoms with E-state index in [9.17, 15) is 5.11 Å². The van der Waals surface area contributed by atoms with Crippen LogP contribution in [0.5, 0.6) is 0 Å². The van der Waals surface area contributed by atoms with Gasteiger partial charge in [-0.1, -0.05) is 76.6 Å². The molecule has 0 heterocycles. The molecule has 0 saturated heterocycles. The van der Waals surface area contributed by atoms with E-state index in [0.717, 1.165) is 37.0 Å². The summed E-state index contributed by atoms with van der Waals surface area (Å²) in [5.41, 5.74) is 4.61. The van der Waals surface area contributed by atoms with Gasteiger partial charge in [-0.3, -0.25) is 0 Å². The molecule has 3 rings (SSSR count). The second-order valence-corrected chi connectivity index (χ2v) is 10.9. The number of fused-ring (bicyclic) bond motifs is 1. The third-order valence-electron chi connectivity index (χ3n) is 8.63. The maximum absolute atomic E-state index is 10.0. The summed E-state index contributed by atoms with van der Waals surface area (Å²) in [5.74, 6) is 3.58. The molecule has 0 radical (unpaired) electrons. The van der Waals surface area contributed by atoms with E-state index in [1.165, 1.54) is 43.3 Å². The molecular formula is C28H44O. The molecule has 0 aromatic heterocycles. The highest BCUT2D eigenvalue weighted by Gasteiger charge is 2.50. The zero-order valence-corrected chi connectivity index (χ0v) is 19.6. The average molecular weight is 397 g/mol. The largest absolute Gasteiger partial charge is 0.393 e. The Morgan fingerprint density at radius 3 is 2.52 bits per heavy atom. The third-order valence-corrected chi connectivity index (χ3v) is 8.63. The van der Waals surface area contributed by atoms with Crippen LogP contribution in [-0.4, -0.2) is 11.2 Å². The number of hydrogen-bond donors (Lipinski definition) is 1. The van der Waals surface area contributed by atoms with Crippen molar-refractivity contribution in [1.29, 1.82) is 0 Å². The first kappa shape index (κ1) is 22.6. The van der Waals surface area contributed by atoms with E-state index in [1.54, 1.807) is 5.57 Å². The number of rotatable bonds is 5. The number of aliphatic hydroxyl groups excluding tert-OH is 1. The molecule has 29 heavy (non-hydrogen) atoms. The average Bonchev–Trinajstić information content (AvgIpc) is 3.04. The molecule has 0 bridgehead atoms. The lowest BCUT2D eigenvalue weighted by Crippen LogP contribution is -2.35. The van der Waals surface area contributed by atoms with E-state index in [1.807, 2.05) is 0 Å². The molecule has 3 aliphatic rings. The summed E-state index contributed by atoms with van der Waals surface area (Å²) >= 11 is 0. The van der Waals surface area contributed by atoms with E-state index in [4.69, 9.17) is 0 Å². The highest BCUT2D eigenvalue weighted by atomic mass is 16.3. The maximum Gasteiger partial charge on any atom is 0.0583 e. The summed E-state index contributed by atoms with van der Waals surface area (Å²) in [6.07, 6.45) is 18.8. The fourth-order valence-electron chi connectivity index (χ4n) is 6.25. The van der Waals surface area contributed by atoms with Crippen LogP contribution in [0.15, 0.2) is 47.6 Å². The van der Waals surface area contributed by atoms with Crippen LogP contribution in [0.25, 0.3) is 0 Å². The van der Waals surface area contributed by atoms with Crippen LogP contribution in [0, 0.1) is 35.0 Å². The van der Waals surface area contributed by atoms with Gasteiger partial charge < -0.3 is 5.11 Å². The Balaban J connectivity index is 1.75. The van der Waals surface area contributed by atoms with Crippen molar-refractivity contribution in [2.45, 2.75) is 92.1 Å². The predicted octanol–water partition coefficient (Wildman–Crippen LogP) is 7.64. The molecule has 1 N–H and O–H groups in total. The SMILES string of the molecule is C=C1CCC(O)C/C1=C/C=C1\CCC[C@]2(C)[C@@H]([C@H](C)/C=C/[C@H](C)C(C)C)CC[C@@H]12. The number of hydrogen-bond acceptors (Lipinski definition) is 1. The molecule has 0 aliphatic heterocycles. The second-order valence-electron chi connectivity index (χ2n) is 10.9. The molecular weight excluding hydrogens is 352 g/mol. The molecule has 3 aliphatic carbocycles. The monoisotopic (exact) mass is 396 g/mol. The Bertz CT molecular complexity index is 678. The van der Waals surface area contributed by atoms with Gasteiger partial charge in [0.2, 0.25) is 0 Å². The highest BCUT2D eigenvalue weighted by molar-refractivity contribution is 5.36. The molecule has 1 unspecified atom stereocenters. The molecule has 1 nitrogen and oxygen atoms in total. The predicted molar refractivity (Wildman–Crippen MR) is 126 cm³/mol. The number of allylic oxidation sites excluding steroid dienone is 6. The minimum absolute atomic E-state index is 0.182. The number of aliphatic hydroxyl groups is 1. The Morgan fingerprint density at radius 2 is 1.79 bits per heavy atom. The van der Waals surface area contributed by atoms with Crippen LogP contribution < -0.4 is 0 Å².